The van der Waals surface area contributed by atoms with Crippen LogP contribution in [0, 0.1) is 6.92 Å². The molecule has 1 N–H and O–H groups in total. The van der Waals surface area contributed by atoms with E-state index in [-0.39, 0.29) is 5.91 Å². The van der Waals surface area contributed by atoms with Gasteiger partial charge in [0.05, 0.1) is 29.6 Å². The van der Waals surface area contributed by atoms with Crippen molar-refractivity contribution in [3.05, 3.63) is 78.1 Å². The van der Waals surface area contributed by atoms with E-state index < -0.39 is 0 Å². The highest BCUT2D eigenvalue weighted by molar-refractivity contribution is 6.05. The molecule has 0 aliphatic rings. The average molecular weight is 386 g/mol. The van der Waals surface area contributed by atoms with Crippen LogP contribution in [0.25, 0.3) is 16.7 Å². The lowest BCUT2D eigenvalue weighted by molar-refractivity contribution is 0.102. The molecule has 0 bridgehead atoms. The van der Waals surface area contributed by atoms with Crippen molar-refractivity contribution in [1.82, 2.24) is 14.8 Å². The normalized spacial score (nSPS) is 10.8. The molecule has 0 atom stereocenters. The fraction of sp³-hybridized carbons (Fsp3) is 0.174. The summed E-state index contributed by atoms with van der Waals surface area (Å²) in [6.07, 6.45) is 2.52. The Labute approximate surface area is 169 Å². The number of hydrogen-bond donors (Lipinski definition) is 1. The first kappa shape index (κ1) is 18.7. The van der Waals surface area contributed by atoms with Gasteiger partial charge in [-0.2, -0.15) is 5.10 Å². The van der Waals surface area contributed by atoms with Crippen LogP contribution in [0.1, 0.15) is 29.4 Å². The van der Waals surface area contributed by atoms with Crippen LogP contribution in [0.2, 0.25) is 0 Å². The minimum Gasteiger partial charge on any atom is -0.494 e. The van der Waals surface area contributed by atoms with Gasteiger partial charge in [0.15, 0.2) is 5.82 Å². The van der Waals surface area contributed by atoms with E-state index in [1.165, 1.54) is 0 Å². The molecule has 0 spiro atoms. The highest BCUT2D eigenvalue weighted by Gasteiger charge is 2.16. The van der Waals surface area contributed by atoms with E-state index in [1.807, 2.05) is 67.6 Å². The van der Waals surface area contributed by atoms with Crippen molar-refractivity contribution in [3.63, 3.8) is 0 Å². The summed E-state index contributed by atoms with van der Waals surface area (Å²) in [5, 5.41) is 8.35. The van der Waals surface area contributed by atoms with E-state index in [1.54, 1.807) is 10.9 Å². The highest BCUT2D eigenvalue weighted by Crippen LogP contribution is 2.20. The lowest BCUT2D eigenvalue weighted by atomic mass is 10.2. The molecule has 2 aromatic heterocycles. The molecule has 146 valence electrons. The van der Waals surface area contributed by atoms with Gasteiger partial charge in [0.2, 0.25) is 0 Å². The molecule has 29 heavy (non-hydrogen) atoms. The minimum atomic E-state index is -0.211. The average Bonchev–Trinajstić information content (AvgIpc) is 3.14. The number of para-hydroxylation sites is 1. The molecular weight excluding hydrogens is 364 g/mol. The molecule has 0 radical (unpaired) electrons. The molecule has 0 aliphatic carbocycles. The molecule has 1 amide bonds. The van der Waals surface area contributed by atoms with Gasteiger partial charge in [0.1, 0.15) is 5.75 Å². The van der Waals surface area contributed by atoms with Crippen LogP contribution in [0.15, 0.2) is 66.9 Å². The predicted octanol–water partition coefficient (Wildman–Crippen LogP) is 4.77. The third kappa shape index (κ3) is 3.96. The number of hydrogen-bond acceptors (Lipinski definition) is 4. The summed E-state index contributed by atoms with van der Waals surface area (Å²) in [7, 11) is 0. The molecule has 4 rings (SSSR count). The smallest absolute Gasteiger partial charge is 0.259 e. The summed E-state index contributed by atoms with van der Waals surface area (Å²) in [5.74, 6) is 1.26. The number of amides is 1. The number of anilines is 1. The number of carbonyl (C=O) groups is 1. The predicted molar refractivity (Wildman–Crippen MR) is 114 cm³/mol. The fourth-order valence-electron chi connectivity index (χ4n) is 3.09. The Morgan fingerprint density at radius 2 is 1.86 bits per heavy atom. The van der Waals surface area contributed by atoms with Gasteiger partial charge in [-0.15, -0.1) is 0 Å². The van der Waals surface area contributed by atoms with Crippen LogP contribution >= 0.6 is 0 Å². The first-order valence-electron chi connectivity index (χ1n) is 9.60. The van der Waals surface area contributed by atoms with E-state index >= 15 is 0 Å². The Bertz CT molecular complexity index is 1150. The van der Waals surface area contributed by atoms with Crippen molar-refractivity contribution in [3.8, 4) is 11.6 Å². The fourth-order valence-corrected chi connectivity index (χ4v) is 3.09. The second kappa shape index (κ2) is 8.14. The second-order valence-electron chi connectivity index (χ2n) is 6.74. The number of aromatic nitrogens is 3. The zero-order chi connectivity index (χ0) is 20.2. The van der Waals surface area contributed by atoms with E-state index in [0.717, 1.165) is 28.8 Å². The third-order valence-corrected chi connectivity index (χ3v) is 4.64. The van der Waals surface area contributed by atoms with Crippen molar-refractivity contribution in [2.45, 2.75) is 20.3 Å². The van der Waals surface area contributed by atoms with Crippen molar-refractivity contribution >= 4 is 22.5 Å². The molecule has 0 unspecified atom stereocenters. The Morgan fingerprint density at radius 1 is 1.07 bits per heavy atom. The van der Waals surface area contributed by atoms with Crippen molar-refractivity contribution in [2.24, 2.45) is 0 Å². The summed E-state index contributed by atoms with van der Waals surface area (Å²) in [6.45, 7) is 4.60. The SMILES string of the molecule is CCCOc1ccc(NC(=O)c2cnn(-c3ccc4ccccc4n3)c2C)cc1. The molecule has 2 aromatic carbocycles. The Morgan fingerprint density at radius 3 is 2.66 bits per heavy atom. The number of carbonyl (C=O) groups excluding carboxylic acids is 1. The van der Waals surface area contributed by atoms with Gasteiger partial charge in [-0.1, -0.05) is 25.1 Å². The summed E-state index contributed by atoms with van der Waals surface area (Å²) >= 11 is 0. The van der Waals surface area contributed by atoms with Gasteiger partial charge in [0.25, 0.3) is 5.91 Å². The number of benzene rings is 2. The van der Waals surface area contributed by atoms with Crippen LogP contribution < -0.4 is 10.1 Å². The number of pyridine rings is 1. The van der Waals surface area contributed by atoms with Gasteiger partial charge in [-0.05, 0) is 55.8 Å². The van der Waals surface area contributed by atoms with Crippen LogP contribution in [0.5, 0.6) is 5.75 Å². The number of ether oxygens (including phenoxy) is 1. The molecular formula is C23H22N4O2. The first-order valence-corrected chi connectivity index (χ1v) is 9.60. The third-order valence-electron chi connectivity index (χ3n) is 4.64. The van der Waals surface area contributed by atoms with Crippen LogP contribution in [0.3, 0.4) is 0 Å². The minimum absolute atomic E-state index is 0.211. The lowest BCUT2D eigenvalue weighted by Gasteiger charge is -2.08. The number of nitrogens with zero attached hydrogens (tertiary/aromatic N) is 3. The van der Waals surface area contributed by atoms with Crippen LogP contribution in [-0.2, 0) is 0 Å². The van der Waals surface area contributed by atoms with E-state index in [0.29, 0.717) is 23.7 Å². The monoisotopic (exact) mass is 386 g/mol. The largest absolute Gasteiger partial charge is 0.494 e. The zero-order valence-electron chi connectivity index (χ0n) is 16.4. The molecule has 0 aliphatic heterocycles. The quantitative estimate of drug-likeness (QED) is 0.518. The van der Waals surface area contributed by atoms with Crippen molar-refractivity contribution in [2.75, 3.05) is 11.9 Å². The van der Waals surface area contributed by atoms with Gasteiger partial charge in [-0.3, -0.25) is 4.79 Å². The summed E-state index contributed by atoms with van der Waals surface area (Å²) in [6, 6.07) is 19.2. The standard InChI is InChI=1S/C23H22N4O2/c1-3-14-29-19-11-9-18(10-12-19)25-23(28)20-15-24-27(16(20)2)22-13-8-17-6-4-5-7-21(17)26-22/h4-13,15H,3,14H2,1-2H3,(H,25,28). The van der Waals surface area contributed by atoms with Gasteiger partial charge >= 0.3 is 0 Å². The van der Waals surface area contributed by atoms with E-state index in [4.69, 9.17) is 4.74 Å². The van der Waals surface area contributed by atoms with Gasteiger partial charge in [-0.25, -0.2) is 9.67 Å². The Hall–Kier alpha value is -3.67. The van der Waals surface area contributed by atoms with Crippen LogP contribution in [0.4, 0.5) is 5.69 Å². The summed E-state index contributed by atoms with van der Waals surface area (Å²) in [5.41, 5.74) is 2.82. The molecule has 2 heterocycles. The topological polar surface area (TPSA) is 69.0 Å². The van der Waals surface area contributed by atoms with Crippen LogP contribution in [-0.4, -0.2) is 27.3 Å². The number of fused-ring (bicyclic) bond motifs is 1. The lowest BCUT2D eigenvalue weighted by Crippen LogP contribution is -2.13. The maximum Gasteiger partial charge on any atom is 0.259 e. The van der Waals surface area contributed by atoms with Gasteiger partial charge < -0.3 is 10.1 Å². The highest BCUT2D eigenvalue weighted by atomic mass is 16.5. The summed E-state index contributed by atoms with van der Waals surface area (Å²) in [4.78, 5) is 17.4. The molecule has 0 saturated heterocycles. The number of rotatable bonds is 6. The first-order chi connectivity index (χ1) is 14.2. The second-order valence-corrected chi connectivity index (χ2v) is 6.74. The number of nitrogens with one attached hydrogen (secondary N) is 1. The summed E-state index contributed by atoms with van der Waals surface area (Å²) < 4.78 is 7.25. The maximum atomic E-state index is 12.7. The molecule has 6 heteroatoms. The Balaban J connectivity index is 1.53. The van der Waals surface area contributed by atoms with Gasteiger partial charge in [0, 0.05) is 11.1 Å². The van der Waals surface area contributed by atoms with Crippen molar-refractivity contribution in [1.29, 1.82) is 0 Å². The molecule has 6 nitrogen and oxygen atoms in total. The van der Waals surface area contributed by atoms with E-state index in [2.05, 4.69) is 22.3 Å². The zero-order valence-corrected chi connectivity index (χ0v) is 16.4. The molecule has 0 saturated carbocycles. The van der Waals surface area contributed by atoms with E-state index in [9.17, 15) is 4.79 Å². The van der Waals surface area contributed by atoms with Crippen molar-refractivity contribution < 1.29 is 9.53 Å². The molecule has 0 fully saturated rings. The Kier molecular flexibility index (Phi) is 5.24. The maximum absolute atomic E-state index is 12.7. The molecule has 4 aromatic rings.